The number of hydrogen-bond acceptors (Lipinski definition) is 5. The summed E-state index contributed by atoms with van der Waals surface area (Å²) in [5.74, 6) is 2.25. The zero-order valence-corrected chi connectivity index (χ0v) is 19.7. The van der Waals surface area contributed by atoms with E-state index in [9.17, 15) is 4.39 Å². The summed E-state index contributed by atoms with van der Waals surface area (Å²) in [6, 6.07) is 17.5. The van der Waals surface area contributed by atoms with Crippen molar-refractivity contribution in [1.82, 2.24) is 19.7 Å². The van der Waals surface area contributed by atoms with E-state index < -0.39 is 0 Å². The van der Waals surface area contributed by atoms with E-state index >= 15 is 0 Å². The van der Waals surface area contributed by atoms with Crippen LogP contribution in [0.25, 0.3) is 0 Å². The van der Waals surface area contributed by atoms with E-state index in [2.05, 4.69) is 50.0 Å². The molecule has 2 aliphatic rings. The first-order valence-electron chi connectivity index (χ1n) is 11.9. The summed E-state index contributed by atoms with van der Waals surface area (Å²) in [5, 5.41) is 10.3. The maximum Gasteiger partial charge on any atom is 0.191 e. The van der Waals surface area contributed by atoms with Gasteiger partial charge in [-0.3, -0.25) is 4.90 Å². The van der Waals surface area contributed by atoms with Crippen LogP contribution in [0.5, 0.6) is 0 Å². The van der Waals surface area contributed by atoms with E-state index in [-0.39, 0.29) is 5.82 Å². The van der Waals surface area contributed by atoms with Gasteiger partial charge in [-0.2, -0.15) is 0 Å². The van der Waals surface area contributed by atoms with Crippen LogP contribution in [0.4, 0.5) is 4.39 Å². The normalized spacial score (nSPS) is 19.8. The zero-order valence-electron chi connectivity index (χ0n) is 18.9. The van der Waals surface area contributed by atoms with Crippen molar-refractivity contribution in [2.24, 2.45) is 0 Å². The van der Waals surface area contributed by atoms with Crippen molar-refractivity contribution in [1.29, 1.82) is 0 Å². The fourth-order valence-corrected chi connectivity index (χ4v) is 5.82. The zero-order chi connectivity index (χ0) is 22.5. The van der Waals surface area contributed by atoms with Crippen LogP contribution >= 0.6 is 11.8 Å². The minimum absolute atomic E-state index is 0.163. The van der Waals surface area contributed by atoms with Gasteiger partial charge in [-0.25, -0.2) is 4.39 Å². The highest BCUT2D eigenvalue weighted by atomic mass is 32.2. The van der Waals surface area contributed by atoms with Crippen molar-refractivity contribution < 1.29 is 9.13 Å². The van der Waals surface area contributed by atoms with Crippen LogP contribution in [-0.4, -0.2) is 51.2 Å². The highest BCUT2D eigenvalue weighted by molar-refractivity contribution is 7.99. The number of rotatable bonds is 8. The monoisotopic (exact) mass is 466 g/mol. The van der Waals surface area contributed by atoms with Gasteiger partial charge in [0.15, 0.2) is 5.16 Å². The Kier molecular flexibility index (Phi) is 7.39. The molecule has 0 unspecified atom stereocenters. The van der Waals surface area contributed by atoms with Crippen molar-refractivity contribution >= 4 is 11.8 Å². The lowest BCUT2D eigenvalue weighted by atomic mass is 9.95. The van der Waals surface area contributed by atoms with E-state index in [1.807, 2.05) is 6.07 Å². The molecule has 1 atom stereocenters. The summed E-state index contributed by atoms with van der Waals surface area (Å²) in [6.07, 6.45) is 4.70. The van der Waals surface area contributed by atoms with Gasteiger partial charge in [-0.05, 0) is 62.0 Å². The summed E-state index contributed by atoms with van der Waals surface area (Å²) in [6.45, 7) is 4.43. The molecule has 0 amide bonds. The lowest BCUT2D eigenvalue weighted by Crippen LogP contribution is -2.33. The van der Waals surface area contributed by atoms with E-state index in [0.29, 0.717) is 12.0 Å². The molecule has 2 fully saturated rings. The van der Waals surface area contributed by atoms with Crippen LogP contribution in [0.2, 0.25) is 0 Å². The molecule has 0 radical (unpaired) electrons. The Labute approximate surface area is 199 Å². The summed E-state index contributed by atoms with van der Waals surface area (Å²) in [7, 11) is 0. The number of nitrogens with zero attached hydrogens (tertiary/aromatic N) is 4. The topological polar surface area (TPSA) is 43.2 Å². The molecular formula is C26H31FN4OS. The Hall–Kier alpha value is -2.22. The fraction of sp³-hybridized carbons (Fsp3) is 0.462. The third-order valence-electron chi connectivity index (χ3n) is 6.60. The van der Waals surface area contributed by atoms with Crippen LogP contribution in [0, 0.1) is 5.82 Å². The molecule has 7 heteroatoms. The van der Waals surface area contributed by atoms with Crippen molar-refractivity contribution in [2.75, 3.05) is 25.4 Å². The first-order valence-corrected chi connectivity index (χ1v) is 12.9. The molecule has 2 aliphatic heterocycles. The van der Waals surface area contributed by atoms with Gasteiger partial charge in [-0.1, -0.05) is 54.2 Å². The summed E-state index contributed by atoms with van der Waals surface area (Å²) < 4.78 is 21.7. The number of likely N-dealkylation sites (tertiary alicyclic amines) is 1. The summed E-state index contributed by atoms with van der Waals surface area (Å²) >= 11 is 1.77. The Morgan fingerprint density at radius 2 is 1.76 bits per heavy atom. The molecule has 0 spiro atoms. The molecule has 33 heavy (non-hydrogen) atoms. The van der Waals surface area contributed by atoms with Crippen LogP contribution in [-0.2, 0) is 17.8 Å². The van der Waals surface area contributed by atoms with Crippen LogP contribution in [0.1, 0.15) is 48.6 Å². The number of benzene rings is 2. The molecule has 3 aromatic rings. The first kappa shape index (κ1) is 22.6. The Balaban J connectivity index is 1.27. The van der Waals surface area contributed by atoms with Gasteiger partial charge in [0.1, 0.15) is 11.6 Å². The number of hydrogen-bond donors (Lipinski definition) is 0. The first-order chi connectivity index (χ1) is 16.2. The van der Waals surface area contributed by atoms with Gasteiger partial charge in [0, 0.05) is 24.8 Å². The third kappa shape index (κ3) is 5.83. The molecular weight excluding hydrogens is 435 g/mol. The third-order valence-corrected chi connectivity index (χ3v) is 7.70. The van der Waals surface area contributed by atoms with Crippen LogP contribution in [0.3, 0.4) is 0 Å². The maximum absolute atomic E-state index is 13.5. The minimum atomic E-state index is -0.163. The molecule has 0 bridgehead atoms. The maximum atomic E-state index is 13.5. The van der Waals surface area contributed by atoms with Gasteiger partial charge in [0.05, 0.1) is 12.6 Å². The van der Waals surface area contributed by atoms with Crippen molar-refractivity contribution in [2.45, 2.75) is 56.0 Å². The second kappa shape index (κ2) is 10.8. The lowest BCUT2D eigenvalue weighted by Gasteiger charge is -2.31. The molecule has 2 saturated heterocycles. The molecule has 0 aliphatic carbocycles. The molecule has 1 aromatic heterocycles. The van der Waals surface area contributed by atoms with E-state index in [4.69, 9.17) is 4.74 Å². The van der Waals surface area contributed by atoms with Crippen molar-refractivity contribution in [3.05, 3.63) is 77.4 Å². The fourth-order valence-electron chi connectivity index (χ4n) is 4.81. The number of thioether (sulfide) groups is 1. The average molecular weight is 467 g/mol. The van der Waals surface area contributed by atoms with Gasteiger partial charge >= 0.3 is 0 Å². The standard InChI is InChI=1S/C26H31FN4OS/c27-23-9-4-8-21(16-23)17-30-13-11-22(12-14-30)25-28-29-26(33-19-24-10-5-15-32-24)31(25)18-20-6-2-1-3-7-20/h1-4,6-9,16,22,24H,5,10-15,17-19H2/t24-/m0/s1. The van der Waals surface area contributed by atoms with Gasteiger partial charge in [-0.15, -0.1) is 10.2 Å². The Morgan fingerprint density at radius 3 is 2.52 bits per heavy atom. The van der Waals surface area contributed by atoms with Gasteiger partial charge in [0.2, 0.25) is 0 Å². The molecule has 174 valence electrons. The predicted octanol–water partition coefficient (Wildman–Crippen LogP) is 5.12. The van der Waals surface area contributed by atoms with E-state index in [0.717, 1.165) is 80.8 Å². The molecule has 0 N–H and O–H groups in total. The lowest BCUT2D eigenvalue weighted by molar-refractivity contribution is 0.129. The number of ether oxygens (including phenoxy) is 1. The second-order valence-corrected chi connectivity index (χ2v) is 10.0. The van der Waals surface area contributed by atoms with Gasteiger partial charge < -0.3 is 9.30 Å². The van der Waals surface area contributed by atoms with Crippen molar-refractivity contribution in [3.63, 3.8) is 0 Å². The minimum Gasteiger partial charge on any atom is -0.377 e. The number of piperidine rings is 1. The highest BCUT2D eigenvalue weighted by Crippen LogP contribution is 2.31. The number of halogens is 1. The Bertz CT molecular complexity index is 1030. The molecule has 5 rings (SSSR count). The Morgan fingerprint density at radius 1 is 0.939 bits per heavy atom. The van der Waals surface area contributed by atoms with Gasteiger partial charge in [0.25, 0.3) is 0 Å². The molecule has 2 aromatic carbocycles. The van der Waals surface area contributed by atoms with Crippen LogP contribution < -0.4 is 0 Å². The average Bonchev–Trinajstić information content (AvgIpc) is 3.49. The largest absolute Gasteiger partial charge is 0.377 e. The van der Waals surface area contributed by atoms with Crippen LogP contribution in [0.15, 0.2) is 59.8 Å². The van der Waals surface area contributed by atoms with Crippen molar-refractivity contribution in [3.8, 4) is 0 Å². The van der Waals surface area contributed by atoms with E-state index in [1.54, 1.807) is 23.9 Å². The second-order valence-electron chi connectivity index (χ2n) is 9.04. The SMILES string of the molecule is Fc1cccc(CN2CCC(c3nnc(SC[C@@H]4CCCO4)n3Cc3ccccc3)CC2)c1. The highest BCUT2D eigenvalue weighted by Gasteiger charge is 2.27. The molecule has 5 nitrogen and oxygen atoms in total. The smallest absolute Gasteiger partial charge is 0.191 e. The molecule has 0 saturated carbocycles. The van der Waals surface area contributed by atoms with E-state index in [1.165, 1.54) is 11.6 Å². The number of aromatic nitrogens is 3. The summed E-state index contributed by atoms with van der Waals surface area (Å²) in [5.41, 5.74) is 2.30. The summed E-state index contributed by atoms with van der Waals surface area (Å²) in [4.78, 5) is 2.41. The molecule has 3 heterocycles. The predicted molar refractivity (Wildman–Crippen MR) is 129 cm³/mol. The quantitative estimate of drug-likeness (QED) is 0.431.